The molecule has 2 heterocycles. The Bertz CT molecular complexity index is 576. The highest BCUT2D eigenvalue weighted by Crippen LogP contribution is 2.23. The summed E-state index contributed by atoms with van der Waals surface area (Å²) in [7, 11) is 1.91. The number of hydrogen-bond acceptors (Lipinski definition) is 5. The van der Waals surface area contributed by atoms with Crippen molar-refractivity contribution in [2.24, 2.45) is 7.05 Å². The fraction of sp³-hybridized carbons (Fsp3) is 0.417. The summed E-state index contributed by atoms with van der Waals surface area (Å²) in [4.78, 5) is 11.2. The average molecular weight is 280 g/mol. The summed E-state index contributed by atoms with van der Waals surface area (Å²) < 4.78 is 1.81. The van der Waals surface area contributed by atoms with E-state index in [0.29, 0.717) is 6.54 Å². The zero-order valence-corrected chi connectivity index (χ0v) is 11.7. The maximum absolute atomic E-state index is 10.6. The van der Waals surface area contributed by atoms with Crippen LogP contribution in [0.1, 0.15) is 23.1 Å². The van der Waals surface area contributed by atoms with Crippen LogP contribution in [0.3, 0.4) is 0 Å². The highest BCUT2D eigenvalue weighted by Gasteiger charge is 2.10. The van der Waals surface area contributed by atoms with E-state index in [1.165, 1.54) is 16.9 Å². The van der Waals surface area contributed by atoms with Gasteiger partial charge in [-0.15, -0.1) is 0 Å². The molecule has 0 saturated carbocycles. The van der Waals surface area contributed by atoms with Crippen molar-refractivity contribution in [2.75, 3.05) is 0 Å². The van der Waals surface area contributed by atoms with E-state index < -0.39 is 0 Å². The van der Waals surface area contributed by atoms with Crippen molar-refractivity contribution >= 4 is 16.3 Å². The summed E-state index contributed by atoms with van der Waals surface area (Å²) in [5, 5.41) is 18.4. The molecule has 0 atom stereocenters. The van der Waals surface area contributed by atoms with Gasteiger partial charge in [-0.25, -0.2) is 0 Å². The highest BCUT2D eigenvalue weighted by atomic mass is 32.1. The molecule has 0 aliphatic rings. The van der Waals surface area contributed by atoms with Gasteiger partial charge in [0.2, 0.25) is 0 Å². The normalized spacial score (nSPS) is 10.8. The Kier molecular flexibility index (Phi) is 4.28. The molecule has 0 unspecified atom stereocenters. The van der Waals surface area contributed by atoms with Crippen LogP contribution >= 0.6 is 11.3 Å². The molecule has 0 aromatic carbocycles. The van der Waals surface area contributed by atoms with E-state index in [4.69, 9.17) is 0 Å². The fourth-order valence-electron chi connectivity index (χ4n) is 1.91. The largest absolute Gasteiger partial charge is 0.324 e. The minimum Gasteiger partial charge on any atom is -0.308 e. The van der Waals surface area contributed by atoms with Crippen LogP contribution < -0.4 is 5.32 Å². The molecule has 0 amide bonds. The Morgan fingerprint density at radius 1 is 1.47 bits per heavy atom. The maximum atomic E-state index is 10.6. The molecular formula is C12H16N4O2S. The second kappa shape index (κ2) is 5.94. The van der Waals surface area contributed by atoms with Crippen LogP contribution in [0.15, 0.2) is 18.3 Å². The fourth-order valence-corrected chi connectivity index (χ4v) is 2.70. The van der Waals surface area contributed by atoms with Gasteiger partial charge < -0.3 is 5.32 Å². The Labute approximate surface area is 115 Å². The van der Waals surface area contributed by atoms with Crippen molar-refractivity contribution in [3.63, 3.8) is 0 Å². The number of aryl methyl sites for hydroxylation is 2. The second-order valence-electron chi connectivity index (χ2n) is 4.23. The highest BCUT2D eigenvalue weighted by molar-refractivity contribution is 7.15. The molecule has 2 aromatic heterocycles. The van der Waals surface area contributed by atoms with Crippen LogP contribution in [-0.4, -0.2) is 14.7 Å². The van der Waals surface area contributed by atoms with Gasteiger partial charge in [0, 0.05) is 42.8 Å². The third-order valence-corrected chi connectivity index (χ3v) is 3.81. The van der Waals surface area contributed by atoms with Gasteiger partial charge in [0.1, 0.15) is 0 Å². The van der Waals surface area contributed by atoms with Crippen LogP contribution in [0, 0.1) is 10.1 Å². The van der Waals surface area contributed by atoms with Crippen molar-refractivity contribution in [1.82, 2.24) is 15.1 Å². The molecule has 7 heteroatoms. The van der Waals surface area contributed by atoms with E-state index in [0.717, 1.165) is 23.5 Å². The first-order chi connectivity index (χ1) is 9.10. The lowest BCUT2D eigenvalue weighted by Gasteiger charge is -2.02. The van der Waals surface area contributed by atoms with Crippen LogP contribution in [0.2, 0.25) is 0 Å². The van der Waals surface area contributed by atoms with Gasteiger partial charge in [-0.1, -0.05) is 18.3 Å². The molecule has 19 heavy (non-hydrogen) atoms. The molecule has 0 spiro atoms. The van der Waals surface area contributed by atoms with Gasteiger partial charge in [0.15, 0.2) is 0 Å². The number of nitro groups is 1. The summed E-state index contributed by atoms with van der Waals surface area (Å²) in [5.74, 6) is 0. The van der Waals surface area contributed by atoms with E-state index >= 15 is 0 Å². The minimum atomic E-state index is -0.357. The first-order valence-corrected chi connectivity index (χ1v) is 6.87. The molecule has 6 nitrogen and oxygen atoms in total. The van der Waals surface area contributed by atoms with E-state index in [2.05, 4.69) is 17.3 Å². The zero-order chi connectivity index (χ0) is 13.8. The summed E-state index contributed by atoms with van der Waals surface area (Å²) >= 11 is 1.21. The molecule has 0 fully saturated rings. The molecule has 2 aromatic rings. The van der Waals surface area contributed by atoms with E-state index in [1.807, 2.05) is 17.9 Å². The van der Waals surface area contributed by atoms with E-state index in [1.54, 1.807) is 12.1 Å². The number of aromatic nitrogens is 2. The molecule has 1 N–H and O–H groups in total. The van der Waals surface area contributed by atoms with Crippen LogP contribution in [0.25, 0.3) is 0 Å². The summed E-state index contributed by atoms with van der Waals surface area (Å²) in [6.07, 6.45) is 2.91. The predicted molar refractivity (Wildman–Crippen MR) is 74.1 cm³/mol. The summed E-state index contributed by atoms with van der Waals surface area (Å²) in [6.45, 7) is 3.44. The lowest BCUT2D eigenvalue weighted by atomic mass is 10.2. The van der Waals surface area contributed by atoms with Crippen molar-refractivity contribution < 1.29 is 4.92 Å². The van der Waals surface area contributed by atoms with Gasteiger partial charge in [-0.05, 0) is 12.5 Å². The molecule has 2 rings (SSSR count). The third kappa shape index (κ3) is 3.39. The molecule has 102 valence electrons. The van der Waals surface area contributed by atoms with Crippen LogP contribution in [0.5, 0.6) is 0 Å². The number of thiophene rings is 1. The van der Waals surface area contributed by atoms with Crippen molar-refractivity contribution in [3.05, 3.63) is 44.6 Å². The average Bonchev–Trinajstić information content (AvgIpc) is 2.96. The molecule has 0 saturated heterocycles. The SMILES string of the molecule is CCc1nn(C)cc1CNCc1ccc([N+](=O)[O-])s1. The molecule has 0 bridgehead atoms. The topological polar surface area (TPSA) is 73.0 Å². The molecule has 0 aliphatic carbocycles. The second-order valence-corrected chi connectivity index (χ2v) is 5.38. The lowest BCUT2D eigenvalue weighted by molar-refractivity contribution is -0.380. The lowest BCUT2D eigenvalue weighted by Crippen LogP contribution is -2.12. The van der Waals surface area contributed by atoms with Gasteiger partial charge in [0.25, 0.3) is 0 Å². The van der Waals surface area contributed by atoms with Crippen molar-refractivity contribution in [1.29, 1.82) is 0 Å². The Hall–Kier alpha value is -1.73. The summed E-state index contributed by atoms with van der Waals surface area (Å²) in [5.41, 5.74) is 2.27. The molecule has 0 radical (unpaired) electrons. The van der Waals surface area contributed by atoms with E-state index in [-0.39, 0.29) is 9.92 Å². The van der Waals surface area contributed by atoms with Crippen molar-refractivity contribution in [2.45, 2.75) is 26.4 Å². The molecule has 0 aliphatic heterocycles. The first-order valence-electron chi connectivity index (χ1n) is 6.05. The smallest absolute Gasteiger partial charge is 0.308 e. The Balaban J connectivity index is 1.90. The van der Waals surface area contributed by atoms with Crippen LogP contribution in [0.4, 0.5) is 5.00 Å². The van der Waals surface area contributed by atoms with Crippen LogP contribution in [-0.2, 0) is 26.6 Å². The van der Waals surface area contributed by atoms with Gasteiger partial charge in [-0.2, -0.15) is 5.10 Å². The number of rotatable bonds is 6. The Morgan fingerprint density at radius 3 is 2.89 bits per heavy atom. The minimum absolute atomic E-state index is 0.187. The van der Waals surface area contributed by atoms with Gasteiger partial charge in [0.05, 0.1) is 10.6 Å². The van der Waals surface area contributed by atoms with Gasteiger partial charge in [-0.3, -0.25) is 14.8 Å². The molecular weight excluding hydrogens is 264 g/mol. The monoisotopic (exact) mass is 280 g/mol. The standard InChI is InChI=1S/C12H16N4O2S/c1-3-11-9(8-15(2)14-11)6-13-7-10-4-5-12(19-10)16(17)18/h4-5,8,13H,3,6-7H2,1-2H3. The number of nitrogens with zero attached hydrogens (tertiary/aromatic N) is 3. The number of nitrogens with one attached hydrogen (secondary N) is 1. The first kappa shape index (κ1) is 13.7. The quantitative estimate of drug-likeness (QED) is 0.650. The third-order valence-electron chi connectivity index (χ3n) is 2.77. The predicted octanol–water partition coefficient (Wildman–Crippen LogP) is 2.24. The van der Waals surface area contributed by atoms with Gasteiger partial charge >= 0.3 is 5.00 Å². The van der Waals surface area contributed by atoms with Crippen molar-refractivity contribution in [3.8, 4) is 0 Å². The summed E-state index contributed by atoms with van der Waals surface area (Å²) in [6, 6.07) is 3.34. The maximum Gasteiger partial charge on any atom is 0.324 e. The Morgan fingerprint density at radius 2 is 2.26 bits per heavy atom. The number of hydrogen-bond donors (Lipinski definition) is 1. The van der Waals surface area contributed by atoms with E-state index in [9.17, 15) is 10.1 Å². The zero-order valence-electron chi connectivity index (χ0n) is 10.9.